The van der Waals surface area contributed by atoms with Crippen LogP contribution in [0.4, 0.5) is 0 Å². The number of nitriles is 1. The molecule has 0 heterocycles. The predicted octanol–water partition coefficient (Wildman–Crippen LogP) is 2.76. The molecule has 1 aromatic rings. The first kappa shape index (κ1) is 20.3. The van der Waals surface area contributed by atoms with Crippen LogP contribution >= 0.6 is 0 Å². The second-order valence-electron chi connectivity index (χ2n) is 6.60. The maximum atomic E-state index is 12.5. The summed E-state index contributed by atoms with van der Waals surface area (Å²) in [6, 6.07) is 6.80. The van der Waals surface area contributed by atoms with E-state index in [-0.39, 0.29) is 23.3 Å². The number of hydrogen-bond acceptors (Lipinski definition) is 5. The lowest BCUT2D eigenvalue weighted by Crippen LogP contribution is -2.41. The molecule has 2 rings (SSSR count). The maximum Gasteiger partial charge on any atom is 0.341 e. The van der Waals surface area contributed by atoms with Crippen molar-refractivity contribution in [1.29, 1.82) is 5.26 Å². The number of ether oxygens (including phenoxy) is 2. The Bertz CT molecular complexity index is 766. The number of amides is 1. The number of methoxy groups -OCH3 is 1. The summed E-state index contributed by atoms with van der Waals surface area (Å²) in [5.41, 5.74) is 0.590. The third-order valence-corrected chi connectivity index (χ3v) is 4.64. The average molecular weight is 372 g/mol. The van der Waals surface area contributed by atoms with Gasteiger partial charge in [-0.25, -0.2) is 4.79 Å². The molecular formula is C20H24N2O5. The number of nitrogens with zero attached hydrogens (tertiary/aromatic N) is 1. The van der Waals surface area contributed by atoms with Gasteiger partial charge in [-0.15, -0.1) is 0 Å². The number of carbonyl (C=O) groups excluding carboxylic acids is 1. The average Bonchev–Trinajstić information content (AvgIpc) is 2.66. The molecule has 0 aromatic heterocycles. The molecule has 1 aromatic carbocycles. The maximum absolute atomic E-state index is 12.5. The van der Waals surface area contributed by atoms with Gasteiger partial charge in [0.05, 0.1) is 7.11 Å². The van der Waals surface area contributed by atoms with Gasteiger partial charge in [0.25, 0.3) is 5.91 Å². The second-order valence-corrected chi connectivity index (χ2v) is 6.60. The minimum absolute atomic E-state index is 0.00836. The first-order valence-electron chi connectivity index (χ1n) is 8.90. The number of carboxylic acid groups (broad SMARTS) is 1. The fourth-order valence-corrected chi connectivity index (χ4v) is 3.12. The molecule has 1 amide bonds. The summed E-state index contributed by atoms with van der Waals surface area (Å²) < 4.78 is 10.3. The van der Waals surface area contributed by atoms with E-state index in [1.165, 1.54) is 19.6 Å². The van der Waals surface area contributed by atoms with Crippen LogP contribution in [0.1, 0.15) is 38.2 Å². The van der Waals surface area contributed by atoms with E-state index in [1.807, 2.05) is 6.07 Å². The van der Waals surface area contributed by atoms with Crippen LogP contribution < -0.4 is 14.8 Å². The molecule has 144 valence electrons. The van der Waals surface area contributed by atoms with Gasteiger partial charge in [0, 0.05) is 6.04 Å². The zero-order valence-electron chi connectivity index (χ0n) is 15.5. The van der Waals surface area contributed by atoms with Crippen molar-refractivity contribution in [2.45, 2.75) is 38.6 Å². The Hall–Kier alpha value is -3.01. The summed E-state index contributed by atoms with van der Waals surface area (Å²) in [4.78, 5) is 23.1. The van der Waals surface area contributed by atoms with E-state index >= 15 is 0 Å². The summed E-state index contributed by atoms with van der Waals surface area (Å²) >= 11 is 0. The molecule has 0 saturated heterocycles. The molecule has 7 nitrogen and oxygen atoms in total. The zero-order chi connectivity index (χ0) is 19.8. The number of carboxylic acids is 1. The van der Waals surface area contributed by atoms with Crippen LogP contribution in [-0.2, 0) is 9.59 Å². The molecule has 27 heavy (non-hydrogen) atoms. The first-order valence-corrected chi connectivity index (χ1v) is 8.90. The van der Waals surface area contributed by atoms with E-state index in [0.717, 1.165) is 19.3 Å². The molecule has 0 radical (unpaired) electrons. The number of benzene rings is 1. The predicted molar refractivity (Wildman–Crippen MR) is 99.3 cm³/mol. The molecule has 1 aliphatic carbocycles. The van der Waals surface area contributed by atoms with Gasteiger partial charge in [-0.3, -0.25) is 4.79 Å². The van der Waals surface area contributed by atoms with E-state index in [1.54, 1.807) is 18.2 Å². The van der Waals surface area contributed by atoms with Crippen molar-refractivity contribution in [2.75, 3.05) is 13.7 Å². The van der Waals surface area contributed by atoms with Gasteiger partial charge in [0.15, 0.2) is 18.1 Å². The highest BCUT2D eigenvalue weighted by Crippen LogP contribution is 2.29. The highest BCUT2D eigenvalue weighted by molar-refractivity contribution is 6.01. The summed E-state index contributed by atoms with van der Waals surface area (Å²) in [6.07, 6.45) is 5.73. The normalized spacial score (nSPS) is 19.7. The lowest BCUT2D eigenvalue weighted by atomic mass is 9.86. The quantitative estimate of drug-likeness (QED) is 0.563. The van der Waals surface area contributed by atoms with Crippen LogP contribution in [0.15, 0.2) is 23.8 Å². The molecule has 1 saturated carbocycles. The SMILES string of the molecule is COc1cc(/C=C(\C#N)C(=O)N[C@@H]2CCCC[C@@H]2C)ccc1OCC(=O)O. The minimum Gasteiger partial charge on any atom is -0.493 e. The lowest BCUT2D eigenvalue weighted by Gasteiger charge is -2.29. The van der Waals surface area contributed by atoms with E-state index in [0.29, 0.717) is 17.2 Å². The summed E-state index contributed by atoms with van der Waals surface area (Å²) in [6.45, 7) is 1.62. The standard InChI is InChI=1S/C20H24N2O5/c1-13-5-3-4-6-16(13)22-20(25)15(11-21)9-14-7-8-17(18(10-14)26-2)27-12-19(23)24/h7-10,13,16H,3-6,12H2,1-2H3,(H,22,25)(H,23,24)/b15-9+/t13-,16+/m0/s1. The van der Waals surface area contributed by atoms with Crippen LogP contribution in [0.5, 0.6) is 11.5 Å². The summed E-state index contributed by atoms with van der Waals surface area (Å²) in [5, 5.41) is 21.0. The third-order valence-electron chi connectivity index (χ3n) is 4.64. The van der Waals surface area contributed by atoms with Crippen LogP contribution in [0.25, 0.3) is 6.08 Å². The molecule has 2 N–H and O–H groups in total. The van der Waals surface area contributed by atoms with Gasteiger partial charge in [-0.05, 0) is 42.5 Å². The first-order chi connectivity index (χ1) is 12.9. The van der Waals surface area contributed by atoms with Crippen LogP contribution in [-0.4, -0.2) is 36.7 Å². The molecule has 0 spiro atoms. The Morgan fingerprint density at radius 2 is 2.07 bits per heavy atom. The molecular weight excluding hydrogens is 348 g/mol. The Morgan fingerprint density at radius 1 is 1.33 bits per heavy atom. The van der Waals surface area contributed by atoms with Crippen molar-refractivity contribution in [1.82, 2.24) is 5.32 Å². The van der Waals surface area contributed by atoms with E-state index in [9.17, 15) is 14.9 Å². The molecule has 0 aliphatic heterocycles. The Balaban J connectivity index is 2.14. The Kier molecular flexibility index (Phi) is 7.24. The highest BCUT2D eigenvalue weighted by Gasteiger charge is 2.24. The van der Waals surface area contributed by atoms with Crippen molar-refractivity contribution in [3.05, 3.63) is 29.3 Å². The lowest BCUT2D eigenvalue weighted by molar-refractivity contribution is -0.139. The molecule has 0 bridgehead atoms. The van der Waals surface area contributed by atoms with Gasteiger partial charge >= 0.3 is 5.97 Å². The third kappa shape index (κ3) is 5.74. The van der Waals surface area contributed by atoms with Crippen molar-refractivity contribution >= 4 is 18.0 Å². The zero-order valence-corrected chi connectivity index (χ0v) is 15.5. The number of aliphatic carboxylic acids is 1. The minimum atomic E-state index is -1.10. The van der Waals surface area contributed by atoms with Gasteiger partial charge in [0.1, 0.15) is 11.6 Å². The topological polar surface area (TPSA) is 109 Å². The molecule has 1 aliphatic rings. The van der Waals surface area contributed by atoms with Gasteiger partial charge in [-0.1, -0.05) is 25.8 Å². The Morgan fingerprint density at radius 3 is 2.70 bits per heavy atom. The van der Waals surface area contributed by atoms with Gasteiger partial charge < -0.3 is 19.9 Å². The molecule has 0 unspecified atom stereocenters. The molecule has 1 fully saturated rings. The summed E-state index contributed by atoms with van der Waals surface area (Å²) in [5.74, 6) is -0.490. The number of rotatable bonds is 7. The van der Waals surface area contributed by atoms with Crippen molar-refractivity contribution in [3.8, 4) is 17.6 Å². The fraction of sp³-hybridized carbons (Fsp3) is 0.450. The van der Waals surface area contributed by atoms with E-state index in [4.69, 9.17) is 14.6 Å². The van der Waals surface area contributed by atoms with Crippen LogP contribution in [0.2, 0.25) is 0 Å². The van der Waals surface area contributed by atoms with E-state index in [2.05, 4.69) is 12.2 Å². The molecule has 2 atom stereocenters. The monoisotopic (exact) mass is 372 g/mol. The van der Waals surface area contributed by atoms with Crippen LogP contribution in [0.3, 0.4) is 0 Å². The van der Waals surface area contributed by atoms with Crippen molar-refractivity contribution in [2.24, 2.45) is 5.92 Å². The fourth-order valence-electron chi connectivity index (χ4n) is 3.12. The molecule has 7 heteroatoms. The largest absolute Gasteiger partial charge is 0.493 e. The van der Waals surface area contributed by atoms with Crippen molar-refractivity contribution < 1.29 is 24.2 Å². The highest BCUT2D eigenvalue weighted by atomic mass is 16.5. The smallest absolute Gasteiger partial charge is 0.341 e. The number of hydrogen-bond donors (Lipinski definition) is 2. The second kappa shape index (κ2) is 9.62. The van der Waals surface area contributed by atoms with Gasteiger partial charge in [-0.2, -0.15) is 5.26 Å². The summed E-state index contributed by atoms with van der Waals surface area (Å²) in [7, 11) is 1.43. The van der Waals surface area contributed by atoms with Crippen LogP contribution in [0, 0.1) is 17.2 Å². The van der Waals surface area contributed by atoms with Crippen molar-refractivity contribution in [3.63, 3.8) is 0 Å². The van der Waals surface area contributed by atoms with E-state index < -0.39 is 12.6 Å². The Labute approximate surface area is 158 Å². The number of carbonyl (C=O) groups is 2. The van der Waals surface area contributed by atoms with Gasteiger partial charge in [0.2, 0.25) is 0 Å². The number of nitrogens with one attached hydrogen (secondary N) is 1.